The summed E-state index contributed by atoms with van der Waals surface area (Å²) in [5.41, 5.74) is 2.27. The molecule has 0 unspecified atom stereocenters. The maximum absolute atomic E-state index is 5.48. The number of pyridine rings is 1. The summed E-state index contributed by atoms with van der Waals surface area (Å²) in [5, 5.41) is 4.13. The molecule has 1 aromatic carbocycles. The van der Waals surface area contributed by atoms with Crippen molar-refractivity contribution in [2.75, 3.05) is 14.2 Å². The Labute approximate surface area is 145 Å². The third-order valence-electron chi connectivity index (χ3n) is 4.51. The number of benzene rings is 1. The molecular weight excluding hydrogens is 318 g/mol. The highest BCUT2D eigenvalue weighted by Gasteiger charge is 2.43. The van der Waals surface area contributed by atoms with Gasteiger partial charge in [0.1, 0.15) is 0 Å². The topological polar surface area (TPSA) is 70.3 Å². The van der Waals surface area contributed by atoms with Crippen molar-refractivity contribution in [2.24, 2.45) is 0 Å². The van der Waals surface area contributed by atoms with Gasteiger partial charge >= 0.3 is 0 Å². The van der Waals surface area contributed by atoms with E-state index in [1.54, 1.807) is 20.4 Å². The van der Waals surface area contributed by atoms with Crippen molar-refractivity contribution in [2.45, 2.75) is 24.7 Å². The van der Waals surface area contributed by atoms with Crippen LogP contribution < -0.4 is 9.47 Å². The van der Waals surface area contributed by atoms with Crippen LogP contribution >= 0.6 is 0 Å². The van der Waals surface area contributed by atoms with Gasteiger partial charge in [-0.2, -0.15) is 4.98 Å². The average molecular weight is 337 g/mol. The molecule has 128 valence electrons. The van der Waals surface area contributed by atoms with Crippen LogP contribution in [0.25, 0.3) is 0 Å². The quantitative estimate of drug-likeness (QED) is 0.687. The fourth-order valence-electron chi connectivity index (χ4n) is 3.09. The predicted molar refractivity (Wildman–Crippen MR) is 91.0 cm³/mol. The van der Waals surface area contributed by atoms with Gasteiger partial charge in [-0.15, -0.1) is 0 Å². The maximum atomic E-state index is 5.48. The monoisotopic (exact) mass is 337 g/mol. The van der Waals surface area contributed by atoms with Crippen LogP contribution in [0, 0.1) is 0 Å². The Bertz CT molecular complexity index is 863. The summed E-state index contributed by atoms with van der Waals surface area (Å²) in [6, 6.07) is 9.85. The van der Waals surface area contributed by atoms with Gasteiger partial charge in [0.2, 0.25) is 5.89 Å². The van der Waals surface area contributed by atoms with E-state index in [-0.39, 0.29) is 0 Å². The van der Waals surface area contributed by atoms with Gasteiger partial charge < -0.3 is 14.0 Å². The fourth-order valence-corrected chi connectivity index (χ4v) is 3.09. The summed E-state index contributed by atoms with van der Waals surface area (Å²) < 4.78 is 16.1. The lowest BCUT2D eigenvalue weighted by Crippen LogP contribution is -1.95. The first-order chi connectivity index (χ1) is 12.3. The van der Waals surface area contributed by atoms with E-state index in [0.717, 1.165) is 12.0 Å². The molecule has 4 rings (SSSR count). The molecule has 0 saturated heterocycles. The number of methoxy groups -OCH3 is 2. The van der Waals surface area contributed by atoms with Crippen molar-refractivity contribution < 1.29 is 14.0 Å². The van der Waals surface area contributed by atoms with Gasteiger partial charge in [0.05, 0.1) is 14.2 Å². The van der Waals surface area contributed by atoms with E-state index in [9.17, 15) is 0 Å². The molecule has 0 radical (unpaired) electrons. The third-order valence-corrected chi connectivity index (χ3v) is 4.51. The van der Waals surface area contributed by atoms with Gasteiger partial charge in [-0.05, 0) is 41.7 Å². The number of aromatic nitrogens is 3. The van der Waals surface area contributed by atoms with Crippen molar-refractivity contribution in [3.63, 3.8) is 0 Å². The zero-order chi connectivity index (χ0) is 17.2. The standard InChI is InChI=1S/C19H19N3O3/c1-23-16-6-5-12(8-17(16)24-2)9-18-21-19(25-22-18)15-10-14(15)13-4-3-7-20-11-13/h3-8,11,14-15H,9-10H2,1-2H3/t14-,15+/m1/s1. The molecule has 0 bridgehead atoms. The van der Waals surface area contributed by atoms with Gasteiger partial charge in [-0.1, -0.05) is 17.3 Å². The van der Waals surface area contributed by atoms with Gasteiger partial charge in [0, 0.05) is 24.7 Å². The molecule has 2 aromatic heterocycles. The summed E-state index contributed by atoms with van der Waals surface area (Å²) in [7, 11) is 3.25. The molecule has 25 heavy (non-hydrogen) atoms. The Morgan fingerprint density at radius 1 is 1.12 bits per heavy atom. The first-order valence-electron chi connectivity index (χ1n) is 8.21. The van der Waals surface area contributed by atoms with Crippen LogP contribution in [0.15, 0.2) is 47.2 Å². The van der Waals surface area contributed by atoms with Gasteiger partial charge in [-0.25, -0.2) is 0 Å². The van der Waals surface area contributed by atoms with E-state index in [1.165, 1.54) is 5.56 Å². The third kappa shape index (κ3) is 3.20. The first kappa shape index (κ1) is 15.6. The second-order valence-electron chi connectivity index (χ2n) is 6.15. The van der Waals surface area contributed by atoms with Crippen LogP contribution in [0.1, 0.15) is 41.1 Å². The maximum Gasteiger partial charge on any atom is 0.230 e. The highest BCUT2D eigenvalue weighted by Crippen LogP contribution is 2.53. The SMILES string of the molecule is COc1ccc(Cc2noc([C@H]3C[C@@H]3c3cccnc3)n2)cc1OC. The molecule has 1 fully saturated rings. The minimum absolute atomic E-state index is 0.302. The molecule has 2 heterocycles. The number of nitrogens with zero attached hydrogens (tertiary/aromatic N) is 3. The van der Waals surface area contributed by atoms with E-state index in [2.05, 4.69) is 21.2 Å². The second-order valence-corrected chi connectivity index (χ2v) is 6.15. The average Bonchev–Trinajstić information content (AvgIpc) is 3.34. The second kappa shape index (κ2) is 6.55. The lowest BCUT2D eigenvalue weighted by atomic mass is 10.1. The van der Waals surface area contributed by atoms with E-state index in [4.69, 9.17) is 14.0 Å². The van der Waals surface area contributed by atoms with Crippen LogP contribution in [-0.2, 0) is 6.42 Å². The Balaban J connectivity index is 1.46. The number of rotatable bonds is 6. The molecule has 2 atom stereocenters. The molecule has 0 amide bonds. The Morgan fingerprint density at radius 3 is 2.76 bits per heavy atom. The summed E-state index contributed by atoms with van der Waals surface area (Å²) in [6.07, 6.45) is 5.32. The largest absolute Gasteiger partial charge is 0.493 e. The predicted octanol–water partition coefficient (Wildman–Crippen LogP) is 3.34. The summed E-state index contributed by atoms with van der Waals surface area (Å²) in [4.78, 5) is 8.75. The highest BCUT2D eigenvalue weighted by atomic mass is 16.5. The van der Waals surface area contributed by atoms with Crippen molar-refractivity contribution in [1.82, 2.24) is 15.1 Å². The van der Waals surface area contributed by atoms with Crippen molar-refractivity contribution in [3.8, 4) is 11.5 Å². The van der Waals surface area contributed by atoms with Crippen molar-refractivity contribution >= 4 is 0 Å². The van der Waals surface area contributed by atoms with E-state index < -0.39 is 0 Å². The van der Waals surface area contributed by atoms with Crippen LogP contribution in [0.5, 0.6) is 11.5 Å². The lowest BCUT2D eigenvalue weighted by Gasteiger charge is -2.08. The Morgan fingerprint density at radius 2 is 2.00 bits per heavy atom. The highest BCUT2D eigenvalue weighted by molar-refractivity contribution is 5.43. The summed E-state index contributed by atoms with van der Waals surface area (Å²) in [6.45, 7) is 0. The van der Waals surface area contributed by atoms with Crippen LogP contribution in [-0.4, -0.2) is 29.3 Å². The zero-order valence-electron chi connectivity index (χ0n) is 14.2. The smallest absolute Gasteiger partial charge is 0.230 e. The van der Waals surface area contributed by atoms with Gasteiger partial charge in [0.25, 0.3) is 0 Å². The Hall–Kier alpha value is -2.89. The molecule has 1 saturated carbocycles. The fraction of sp³-hybridized carbons (Fsp3) is 0.316. The van der Waals surface area contributed by atoms with Gasteiger partial charge in [-0.3, -0.25) is 4.98 Å². The van der Waals surface area contributed by atoms with Crippen molar-refractivity contribution in [3.05, 3.63) is 65.6 Å². The number of ether oxygens (including phenoxy) is 2. The minimum atomic E-state index is 0.302. The number of hydrogen-bond acceptors (Lipinski definition) is 6. The van der Waals surface area contributed by atoms with Crippen LogP contribution in [0.2, 0.25) is 0 Å². The minimum Gasteiger partial charge on any atom is -0.493 e. The van der Waals surface area contributed by atoms with E-state index >= 15 is 0 Å². The molecule has 0 spiro atoms. The van der Waals surface area contributed by atoms with E-state index in [1.807, 2.05) is 30.5 Å². The lowest BCUT2D eigenvalue weighted by molar-refractivity contribution is 0.354. The van der Waals surface area contributed by atoms with Crippen LogP contribution in [0.4, 0.5) is 0 Å². The molecule has 1 aliphatic carbocycles. The van der Waals surface area contributed by atoms with Gasteiger partial charge in [0.15, 0.2) is 17.3 Å². The first-order valence-corrected chi connectivity index (χ1v) is 8.21. The van der Waals surface area contributed by atoms with Crippen molar-refractivity contribution in [1.29, 1.82) is 0 Å². The Kier molecular flexibility index (Phi) is 4.09. The normalized spacial score (nSPS) is 18.8. The molecule has 3 aromatic rings. The molecule has 6 nitrogen and oxygen atoms in total. The van der Waals surface area contributed by atoms with Crippen LogP contribution in [0.3, 0.4) is 0 Å². The zero-order valence-corrected chi connectivity index (χ0v) is 14.2. The molecule has 0 aliphatic heterocycles. The summed E-state index contributed by atoms with van der Waals surface area (Å²) in [5.74, 6) is 3.53. The molecule has 6 heteroatoms. The molecular formula is C19H19N3O3. The number of hydrogen-bond donors (Lipinski definition) is 0. The summed E-state index contributed by atoms with van der Waals surface area (Å²) >= 11 is 0. The van der Waals surface area contributed by atoms with E-state index in [0.29, 0.717) is 41.5 Å². The molecule has 1 aliphatic rings. The molecule has 0 N–H and O–H groups in total.